The third kappa shape index (κ3) is 7.89. The summed E-state index contributed by atoms with van der Waals surface area (Å²) in [6, 6.07) is 8.34. The molecule has 0 spiro atoms. The Labute approximate surface area is 209 Å². The molecule has 7 heteroatoms. The predicted octanol–water partition coefficient (Wildman–Crippen LogP) is 4.19. The van der Waals surface area contributed by atoms with E-state index < -0.39 is 5.91 Å². The lowest BCUT2D eigenvalue weighted by molar-refractivity contribution is -0.153. The second-order valence-corrected chi connectivity index (χ2v) is 10.5. The fourth-order valence-corrected chi connectivity index (χ4v) is 5.82. The van der Waals surface area contributed by atoms with Gasteiger partial charge in [0, 0.05) is 18.7 Å². The summed E-state index contributed by atoms with van der Waals surface area (Å²) < 4.78 is 5.96. The summed E-state index contributed by atoms with van der Waals surface area (Å²) in [5.74, 6) is -0.133. The van der Waals surface area contributed by atoms with Crippen molar-refractivity contribution in [3.8, 4) is 0 Å². The fraction of sp³-hybridized carbons (Fsp3) is 0.643. The van der Waals surface area contributed by atoms with Crippen molar-refractivity contribution >= 4 is 18.0 Å². The molecular formula is C28H41N3O4. The van der Waals surface area contributed by atoms with Gasteiger partial charge in [0.15, 0.2) is 0 Å². The van der Waals surface area contributed by atoms with Crippen molar-refractivity contribution in [3.63, 3.8) is 0 Å². The van der Waals surface area contributed by atoms with Crippen LogP contribution in [0, 0.1) is 5.92 Å². The maximum absolute atomic E-state index is 13.2. The Hall–Kier alpha value is -2.22. The molecule has 0 unspecified atom stereocenters. The second-order valence-electron chi connectivity index (χ2n) is 10.5. The molecule has 1 heterocycles. The molecule has 1 aromatic carbocycles. The van der Waals surface area contributed by atoms with Crippen LogP contribution in [0.3, 0.4) is 0 Å². The van der Waals surface area contributed by atoms with E-state index in [1.54, 1.807) is 11.6 Å². The van der Waals surface area contributed by atoms with Gasteiger partial charge in [-0.05, 0) is 87.6 Å². The molecule has 35 heavy (non-hydrogen) atoms. The number of nitrogens with one attached hydrogen (secondary N) is 2. The minimum atomic E-state index is -0.539. The standard InChI is InChI=1S/C28H41N3O4/c32-26(30-34)15-14-21-10-12-22(13-11-21)20-31-18-16-24(17-19-31)29-27(23-6-2-1-3-7-23)28(33)35-25-8-4-5-9-25/h10-15,23-25,27,29,34H,1-9,16-20H2,(H,30,32)/t27-/m0/s1. The van der Waals surface area contributed by atoms with Crippen molar-refractivity contribution in [1.82, 2.24) is 15.7 Å². The van der Waals surface area contributed by atoms with Gasteiger partial charge >= 0.3 is 5.97 Å². The molecule has 3 fully saturated rings. The Bertz CT molecular complexity index is 836. The van der Waals surface area contributed by atoms with E-state index in [0.29, 0.717) is 12.0 Å². The zero-order chi connectivity index (χ0) is 24.5. The van der Waals surface area contributed by atoms with E-state index in [2.05, 4.69) is 22.3 Å². The van der Waals surface area contributed by atoms with E-state index in [-0.39, 0.29) is 18.1 Å². The summed E-state index contributed by atoms with van der Waals surface area (Å²) in [4.78, 5) is 26.8. The maximum Gasteiger partial charge on any atom is 0.323 e. The van der Waals surface area contributed by atoms with E-state index in [0.717, 1.165) is 63.7 Å². The van der Waals surface area contributed by atoms with Crippen molar-refractivity contribution in [2.75, 3.05) is 13.1 Å². The Morgan fingerprint density at radius 3 is 2.29 bits per heavy atom. The summed E-state index contributed by atoms with van der Waals surface area (Å²) in [5, 5.41) is 12.3. The molecule has 1 aromatic rings. The molecule has 0 aromatic heterocycles. The second kappa shape index (κ2) is 13.2. The molecule has 1 saturated heterocycles. The summed E-state index contributed by atoms with van der Waals surface area (Å²) in [5.41, 5.74) is 3.75. The normalized spacial score (nSPS) is 21.9. The molecule has 1 atom stereocenters. The summed E-state index contributed by atoms with van der Waals surface area (Å²) in [6.07, 6.45) is 15.6. The predicted molar refractivity (Wildman–Crippen MR) is 136 cm³/mol. The maximum atomic E-state index is 13.2. The lowest BCUT2D eigenvalue weighted by Crippen LogP contribution is -2.52. The molecule has 2 aliphatic carbocycles. The Kier molecular flexibility index (Phi) is 9.74. The lowest BCUT2D eigenvalue weighted by atomic mass is 9.83. The van der Waals surface area contributed by atoms with Gasteiger partial charge in [0.25, 0.3) is 5.91 Å². The first kappa shape index (κ1) is 25.9. The summed E-state index contributed by atoms with van der Waals surface area (Å²) in [6.45, 7) is 2.90. The number of benzene rings is 1. The molecule has 1 aliphatic heterocycles. The smallest absolute Gasteiger partial charge is 0.323 e. The SMILES string of the molecule is O=C(C=Cc1ccc(CN2CCC(N[C@H](C(=O)OC3CCCC3)C3CCCCC3)CC2)cc1)NO. The molecule has 4 rings (SSSR count). The number of likely N-dealkylation sites (tertiary alicyclic amines) is 1. The minimum absolute atomic E-state index is 0.00293. The zero-order valence-electron chi connectivity index (χ0n) is 20.8. The van der Waals surface area contributed by atoms with Crippen LogP contribution in [0.5, 0.6) is 0 Å². The van der Waals surface area contributed by atoms with Gasteiger partial charge in [0.05, 0.1) is 0 Å². The molecule has 0 radical (unpaired) electrons. The van der Waals surface area contributed by atoms with Gasteiger partial charge in [-0.15, -0.1) is 0 Å². The van der Waals surface area contributed by atoms with E-state index in [4.69, 9.17) is 9.94 Å². The number of esters is 1. The van der Waals surface area contributed by atoms with Crippen molar-refractivity contribution in [2.24, 2.45) is 5.92 Å². The molecule has 3 N–H and O–H groups in total. The highest BCUT2D eigenvalue weighted by Gasteiger charge is 2.35. The number of hydrogen-bond donors (Lipinski definition) is 3. The van der Waals surface area contributed by atoms with Crippen LogP contribution in [-0.4, -0.2) is 53.3 Å². The Morgan fingerprint density at radius 1 is 0.971 bits per heavy atom. The van der Waals surface area contributed by atoms with Crippen molar-refractivity contribution in [2.45, 2.75) is 95.4 Å². The third-order valence-electron chi connectivity index (χ3n) is 7.89. The average molecular weight is 484 g/mol. The molecule has 3 aliphatic rings. The first-order valence-corrected chi connectivity index (χ1v) is 13.5. The summed E-state index contributed by atoms with van der Waals surface area (Å²) >= 11 is 0. The van der Waals surface area contributed by atoms with E-state index in [1.807, 2.05) is 12.1 Å². The van der Waals surface area contributed by atoms with Gasteiger partial charge in [-0.25, -0.2) is 5.48 Å². The number of piperidine rings is 1. The van der Waals surface area contributed by atoms with Crippen LogP contribution >= 0.6 is 0 Å². The lowest BCUT2D eigenvalue weighted by Gasteiger charge is -2.37. The van der Waals surface area contributed by atoms with E-state index >= 15 is 0 Å². The van der Waals surface area contributed by atoms with Crippen LogP contribution in [-0.2, 0) is 20.9 Å². The average Bonchev–Trinajstić information content (AvgIpc) is 3.41. The number of hydrogen-bond acceptors (Lipinski definition) is 6. The number of amides is 1. The Morgan fingerprint density at radius 2 is 1.63 bits per heavy atom. The molecular weight excluding hydrogens is 442 g/mol. The van der Waals surface area contributed by atoms with Crippen LogP contribution in [0.1, 0.15) is 81.8 Å². The molecule has 0 bridgehead atoms. The largest absolute Gasteiger partial charge is 0.461 e. The van der Waals surface area contributed by atoms with Gasteiger partial charge in [0.1, 0.15) is 12.1 Å². The van der Waals surface area contributed by atoms with Crippen molar-refractivity contribution in [3.05, 3.63) is 41.5 Å². The van der Waals surface area contributed by atoms with Gasteiger partial charge in [-0.3, -0.25) is 19.7 Å². The third-order valence-corrected chi connectivity index (χ3v) is 7.89. The molecule has 192 valence electrons. The molecule has 2 saturated carbocycles. The number of nitrogens with zero attached hydrogens (tertiary/aromatic N) is 1. The van der Waals surface area contributed by atoms with Crippen molar-refractivity contribution in [1.29, 1.82) is 0 Å². The zero-order valence-corrected chi connectivity index (χ0v) is 20.8. The van der Waals surface area contributed by atoms with Crippen LogP contribution in [0.25, 0.3) is 6.08 Å². The van der Waals surface area contributed by atoms with Gasteiger partial charge in [-0.2, -0.15) is 0 Å². The van der Waals surface area contributed by atoms with Crippen LogP contribution in [0.4, 0.5) is 0 Å². The van der Waals surface area contributed by atoms with Gasteiger partial charge in [0.2, 0.25) is 0 Å². The molecule has 7 nitrogen and oxygen atoms in total. The number of carbonyl (C=O) groups is 2. The highest BCUT2D eigenvalue weighted by atomic mass is 16.5. The number of rotatable bonds is 9. The van der Waals surface area contributed by atoms with Crippen LogP contribution < -0.4 is 10.8 Å². The van der Waals surface area contributed by atoms with E-state index in [1.165, 1.54) is 43.7 Å². The Balaban J connectivity index is 1.26. The van der Waals surface area contributed by atoms with Gasteiger partial charge < -0.3 is 10.1 Å². The monoisotopic (exact) mass is 483 g/mol. The van der Waals surface area contributed by atoms with E-state index in [9.17, 15) is 9.59 Å². The summed E-state index contributed by atoms with van der Waals surface area (Å²) in [7, 11) is 0. The highest BCUT2D eigenvalue weighted by Crippen LogP contribution is 2.30. The first-order chi connectivity index (χ1) is 17.1. The quantitative estimate of drug-likeness (QED) is 0.211. The van der Waals surface area contributed by atoms with Crippen molar-refractivity contribution < 1.29 is 19.5 Å². The first-order valence-electron chi connectivity index (χ1n) is 13.5. The number of carbonyl (C=O) groups excluding carboxylic acids is 2. The minimum Gasteiger partial charge on any atom is -0.461 e. The van der Waals surface area contributed by atoms with Gasteiger partial charge in [-0.1, -0.05) is 43.5 Å². The fourth-order valence-electron chi connectivity index (χ4n) is 5.82. The number of ether oxygens (including phenoxy) is 1. The molecule has 1 amide bonds. The highest BCUT2D eigenvalue weighted by molar-refractivity contribution is 5.90. The topological polar surface area (TPSA) is 90.9 Å². The van der Waals surface area contributed by atoms with Crippen LogP contribution in [0.15, 0.2) is 30.3 Å². The van der Waals surface area contributed by atoms with Crippen LogP contribution in [0.2, 0.25) is 0 Å². The number of hydroxylamine groups is 1.